The molecule has 0 aromatic heterocycles. The molecule has 88 valence electrons. The first kappa shape index (κ1) is 12.4. The summed E-state index contributed by atoms with van der Waals surface area (Å²) in [5, 5.41) is 3.71. The molecule has 1 aromatic rings. The Morgan fingerprint density at radius 3 is 2.94 bits per heavy atom. The van der Waals surface area contributed by atoms with Crippen LogP contribution in [0.5, 0.6) is 0 Å². The number of rotatable bonds is 2. The van der Waals surface area contributed by atoms with Gasteiger partial charge in [0.2, 0.25) is 0 Å². The molecule has 4 heteroatoms. The van der Waals surface area contributed by atoms with Gasteiger partial charge in [-0.2, -0.15) is 11.8 Å². The van der Waals surface area contributed by atoms with Gasteiger partial charge < -0.3 is 5.32 Å². The smallest absolute Gasteiger partial charge is 0.128 e. The first-order valence-corrected chi connectivity index (χ1v) is 7.28. The first-order chi connectivity index (χ1) is 7.69. The first-order valence-electron chi connectivity index (χ1n) is 5.44. The Bertz CT molecular complexity index is 397. The van der Waals surface area contributed by atoms with Crippen LogP contribution in [-0.2, 0) is 5.75 Å². The number of halogens is 2. The summed E-state index contributed by atoms with van der Waals surface area (Å²) in [6.45, 7) is 2.16. The zero-order valence-corrected chi connectivity index (χ0v) is 11.8. The third kappa shape index (κ3) is 2.03. The summed E-state index contributed by atoms with van der Waals surface area (Å²) < 4.78 is 14.9. The van der Waals surface area contributed by atoms with Gasteiger partial charge in [-0.05, 0) is 31.2 Å². The molecular weight excluding hydrogens is 289 g/mol. The third-order valence-electron chi connectivity index (χ3n) is 3.08. The lowest BCUT2D eigenvalue weighted by Gasteiger charge is -2.33. The molecule has 0 radical (unpaired) electrons. The molecule has 1 nitrogen and oxygen atoms in total. The zero-order valence-electron chi connectivity index (χ0n) is 9.39. The van der Waals surface area contributed by atoms with Gasteiger partial charge in [-0.25, -0.2) is 4.39 Å². The standard InChI is InChI=1S/C12H15BrFNS/c1-3-10-12(15-2)11-7(6-16-10)8(13)4-5-9(11)14/h4-5,10,12,15H,3,6H2,1-2H3. The largest absolute Gasteiger partial charge is 0.312 e. The Kier molecular flexibility index (Phi) is 3.93. The molecule has 2 atom stereocenters. The number of thioether (sulfide) groups is 1. The van der Waals surface area contributed by atoms with E-state index >= 15 is 0 Å². The maximum atomic E-state index is 13.9. The summed E-state index contributed by atoms with van der Waals surface area (Å²) in [5.41, 5.74) is 1.96. The van der Waals surface area contributed by atoms with Gasteiger partial charge in [0.1, 0.15) is 5.82 Å². The van der Waals surface area contributed by atoms with Crippen molar-refractivity contribution in [3.63, 3.8) is 0 Å². The molecule has 0 saturated carbocycles. The molecule has 16 heavy (non-hydrogen) atoms. The van der Waals surface area contributed by atoms with Gasteiger partial charge in [0.15, 0.2) is 0 Å². The van der Waals surface area contributed by atoms with Gasteiger partial charge in [-0.15, -0.1) is 0 Å². The minimum Gasteiger partial charge on any atom is -0.312 e. The van der Waals surface area contributed by atoms with E-state index < -0.39 is 0 Å². The van der Waals surface area contributed by atoms with Crippen LogP contribution >= 0.6 is 27.7 Å². The van der Waals surface area contributed by atoms with Crippen molar-refractivity contribution in [2.75, 3.05) is 7.05 Å². The van der Waals surface area contributed by atoms with Crippen molar-refractivity contribution in [1.29, 1.82) is 0 Å². The number of hydrogen-bond acceptors (Lipinski definition) is 2. The molecule has 0 saturated heterocycles. The molecule has 0 fully saturated rings. The van der Waals surface area contributed by atoms with Crippen LogP contribution in [0.25, 0.3) is 0 Å². The summed E-state index contributed by atoms with van der Waals surface area (Å²) in [7, 11) is 1.91. The average molecular weight is 304 g/mol. The maximum absolute atomic E-state index is 13.9. The predicted molar refractivity (Wildman–Crippen MR) is 71.3 cm³/mol. The summed E-state index contributed by atoms with van der Waals surface area (Å²) in [4.78, 5) is 0. The number of benzene rings is 1. The molecule has 1 aromatic carbocycles. The van der Waals surface area contributed by atoms with Crippen molar-refractivity contribution in [3.8, 4) is 0 Å². The highest BCUT2D eigenvalue weighted by Gasteiger charge is 2.31. The second kappa shape index (κ2) is 5.07. The van der Waals surface area contributed by atoms with Gasteiger partial charge in [-0.1, -0.05) is 22.9 Å². The van der Waals surface area contributed by atoms with Crippen molar-refractivity contribution in [2.24, 2.45) is 0 Å². The van der Waals surface area contributed by atoms with E-state index in [9.17, 15) is 4.39 Å². The Balaban J connectivity index is 2.51. The summed E-state index contributed by atoms with van der Waals surface area (Å²) in [6, 6.07) is 3.47. The highest BCUT2D eigenvalue weighted by Crippen LogP contribution is 2.42. The summed E-state index contributed by atoms with van der Waals surface area (Å²) >= 11 is 5.41. The van der Waals surface area contributed by atoms with Gasteiger partial charge in [0.05, 0.1) is 0 Å². The molecule has 1 heterocycles. The minimum atomic E-state index is -0.0868. The van der Waals surface area contributed by atoms with Gasteiger partial charge in [0.25, 0.3) is 0 Å². The molecule has 1 N–H and O–H groups in total. The van der Waals surface area contributed by atoms with Crippen LogP contribution < -0.4 is 5.32 Å². The van der Waals surface area contributed by atoms with Crippen LogP contribution in [0.1, 0.15) is 30.5 Å². The minimum absolute atomic E-state index is 0.0868. The Labute approximate surface area is 108 Å². The second-order valence-electron chi connectivity index (χ2n) is 3.95. The van der Waals surface area contributed by atoms with Crippen LogP contribution in [0, 0.1) is 5.82 Å². The van der Waals surface area contributed by atoms with E-state index in [1.54, 1.807) is 12.1 Å². The van der Waals surface area contributed by atoms with Crippen molar-refractivity contribution in [2.45, 2.75) is 30.4 Å². The summed E-state index contributed by atoms with van der Waals surface area (Å²) in [6.07, 6.45) is 1.06. The number of nitrogens with one attached hydrogen (secondary N) is 1. The Morgan fingerprint density at radius 1 is 1.56 bits per heavy atom. The van der Waals surface area contributed by atoms with Crippen LogP contribution in [0.3, 0.4) is 0 Å². The number of fused-ring (bicyclic) bond motifs is 1. The number of hydrogen-bond donors (Lipinski definition) is 1. The van der Waals surface area contributed by atoms with Crippen molar-refractivity contribution in [3.05, 3.63) is 33.5 Å². The fraction of sp³-hybridized carbons (Fsp3) is 0.500. The van der Waals surface area contributed by atoms with Gasteiger partial charge >= 0.3 is 0 Å². The molecule has 2 unspecified atom stereocenters. The van der Waals surface area contributed by atoms with E-state index in [0.29, 0.717) is 5.25 Å². The summed E-state index contributed by atoms with van der Waals surface area (Å²) in [5.74, 6) is 0.806. The SMILES string of the molecule is CCC1SCc2c(Br)ccc(F)c2C1NC. The van der Waals surface area contributed by atoms with Crippen molar-refractivity contribution >= 4 is 27.7 Å². The maximum Gasteiger partial charge on any atom is 0.128 e. The monoisotopic (exact) mass is 303 g/mol. The van der Waals surface area contributed by atoms with Crippen molar-refractivity contribution in [1.82, 2.24) is 5.32 Å². The zero-order chi connectivity index (χ0) is 11.7. The van der Waals surface area contributed by atoms with Crippen LogP contribution in [0.15, 0.2) is 16.6 Å². The Hall–Kier alpha value is -0.0600. The molecular formula is C12H15BrFNS. The van der Waals surface area contributed by atoms with Gasteiger partial charge in [0, 0.05) is 27.1 Å². The fourth-order valence-electron chi connectivity index (χ4n) is 2.25. The second-order valence-corrected chi connectivity index (χ2v) is 6.03. The fourth-order valence-corrected chi connectivity index (χ4v) is 4.31. The highest BCUT2D eigenvalue weighted by atomic mass is 79.9. The lowest BCUT2D eigenvalue weighted by molar-refractivity contribution is 0.504. The molecule has 0 aliphatic carbocycles. The quantitative estimate of drug-likeness (QED) is 0.890. The van der Waals surface area contributed by atoms with E-state index in [0.717, 1.165) is 27.8 Å². The lowest BCUT2D eigenvalue weighted by Crippen LogP contribution is -2.32. The third-order valence-corrected chi connectivity index (χ3v) is 5.32. The van der Waals surface area contributed by atoms with Crippen LogP contribution in [-0.4, -0.2) is 12.3 Å². The van der Waals surface area contributed by atoms with E-state index in [-0.39, 0.29) is 11.9 Å². The van der Waals surface area contributed by atoms with E-state index in [1.165, 1.54) is 0 Å². The lowest BCUT2D eigenvalue weighted by atomic mass is 9.96. The molecule has 1 aliphatic rings. The van der Waals surface area contributed by atoms with Gasteiger partial charge in [-0.3, -0.25) is 0 Å². The van der Waals surface area contributed by atoms with Crippen LogP contribution in [0.2, 0.25) is 0 Å². The molecule has 0 amide bonds. The van der Waals surface area contributed by atoms with E-state index in [1.807, 2.05) is 18.8 Å². The Morgan fingerprint density at radius 2 is 2.31 bits per heavy atom. The molecule has 2 rings (SSSR count). The predicted octanol–water partition coefficient (Wildman–Crippen LogP) is 3.87. The average Bonchev–Trinajstić information content (AvgIpc) is 2.32. The highest BCUT2D eigenvalue weighted by molar-refractivity contribution is 9.10. The van der Waals surface area contributed by atoms with E-state index in [2.05, 4.69) is 28.2 Å². The normalized spacial score (nSPS) is 24.2. The van der Waals surface area contributed by atoms with E-state index in [4.69, 9.17) is 0 Å². The molecule has 1 aliphatic heterocycles. The molecule has 0 bridgehead atoms. The van der Waals surface area contributed by atoms with Crippen LogP contribution in [0.4, 0.5) is 4.39 Å². The van der Waals surface area contributed by atoms with Crippen molar-refractivity contribution < 1.29 is 4.39 Å². The topological polar surface area (TPSA) is 12.0 Å². The molecule has 0 spiro atoms.